The van der Waals surface area contributed by atoms with Crippen LogP contribution in [0.4, 0.5) is 0 Å². The Hall–Kier alpha value is -1.79. The van der Waals surface area contributed by atoms with Gasteiger partial charge in [-0.15, -0.1) is 0 Å². The maximum absolute atomic E-state index is 12.4. The van der Waals surface area contributed by atoms with Gasteiger partial charge in [0, 0.05) is 24.2 Å². The fraction of sp³-hybridized carbons (Fsp3) is 0.471. The molecule has 1 unspecified atom stereocenters. The maximum Gasteiger partial charge on any atom is 0.253 e. The van der Waals surface area contributed by atoms with E-state index in [0.717, 1.165) is 30.6 Å². The number of likely N-dealkylation sites (tertiary alicyclic amines) is 1. The van der Waals surface area contributed by atoms with Crippen LogP contribution in [0.1, 0.15) is 42.1 Å². The molecule has 1 aliphatic rings. The highest BCUT2D eigenvalue weighted by molar-refractivity contribution is 5.94. The number of carbonyl (C=O) groups excluding carboxylic acids is 1. The summed E-state index contributed by atoms with van der Waals surface area (Å²) >= 11 is 0. The van der Waals surface area contributed by atoms with Crippen LogP contribution in [0.15, 0.2) is 24.3 Å². The normalized spacial score (nSPS) is 17.7. The Morgan fingerprint density at radius 3 is 2.80 bits per heavy atom. The largest absolute Gasteiger partial charge is 0.384 e. The lowest BCUT2D eigenvalue weighted by Gasteiger charge is -2.16. The second-order valence-corrected chi connectivity index (χ2v) is 5.23. The number of hydrogen-bond donors (Lipinski definition) is 1. The van der Waals surface area contributed by atoms with Gasteiger partial charge in [0.05, 0.1) is 0 Å². The molecule has 1 amide bonds. The first-order valence-electron chi connectivity index (χ1n) is 7.23. The van der Waals surface area contributed by atoms with E-state index in [1.807, 2.05) is 29.2 Å². The lowest BCUT2D eigenvalue weighted by molar-refractivity contribution is 0.0786. The molecule has 0 saturated carbocycles. The van der Waals surface area contributed by atoms with Gasteiger partial charge in [-0.2, -0.15) is 0 Å². The van der Waals surface area contributed by atoms with Crippen LogP contribution in [-0.4, -0.2) is 35.6 Å². The van der Waals surface area contributed by atoms with Gasteiger partial charge in [-0.25, -0.2) is 0 Å². The summed E-state index contributed by atoms with van der Waals surface area (Å²) in [5, 5.41) is 8.65. The van der Waals surface area contributed by atoms with Crippen LogP contribution in [0, 0.1) is 17.8 Å². The fourth-order valence-electron chi connectivity index (χ4n) is 2.68. The summed E-state index contributed by atoms with van der Waals surface area (Å²) in [5.41, 5.74) is 1.54. The minimum absolute atomic E-state index is 0.116. The van der Waals surface area contributed by atoms with Gasteiger partial charge in [0.1, 0.15) is 6.61 Å². The van der Waals surface area contributed by atoms with Gasteiger partial charge in [0.2, 0.25) is 0 Å². The van der Waals surface area contributed by atoms with Crippen molar-refractivity contribution in [3.63, 3.8) is 0 Å². The van der Waals surface area contributed by atoms with E-state index < -0.39 is 0 Å². The Labute approximate surface area is 120 Å². The molecular weight excluding hydrogens is 250 g/mol. The van der Waals surface area contributed by atoms with Gasteiger partial charge in [-0.1, -0.05) is 25.2 Å². The third-order valence-corrected chi connectivity index (χ3v) is 3.71. The number of rotatable bonds is 3. The highest BCUT2D eigenvalue weighted by atomic mass is 16.2. The molecule has 0 bridgehead atoms. The van der Waals surface area contributed by atoms with Crippen LogP contribution < -0.4 is 0 Å². The van der Waals surface area contributed by atoms with E-state index in [2.05, 4.69) is 18.8 Å². The average molecular weight is 271 g/mol. The van der Waals surface area contributed by atoms with Crippen molar-refractivity contribution >= 4 is 5.91 Å². The van der Waals surface area contributed by atoms with Gasteiger partial charge in [-0.05, 0) is 43.0 Å². The van der Waals surface area contributed by atoms with E-state index >= 15 is 0 Å². The number of benzene rings is 1. The zero-order valence-corrected chi connectivity index (χ0v) is 11.9. The molecule has 1 aliphatic heterocycles. The Morgan fingerprint density at radius 2 is 2.15 bits per heavy atom. The van der Waals surface area contributed by atoms with Crippen LogP contribution in [0.3, 0.4) is 0 Å². The summed E-state index contributed by atoms with van der Waals surface area (Å²) in [6.07, 6.45) is 3.52. The first-order chi connectivity index (χ1) is 9.74. The van der Waals surface area contributed by atoms with Crippen molar-refractivity contribution in [3.05, 3.63) is 35.4 Å². The molecule has 1 heterocycles. The van der Waals surface area contributed by atoms with E-state index in [1.165, 1.54) is 12.8 Å². The number of aliphatic hydroxyl groups excluding tert-OH is 1. The predicted molar refractivity (Wildman–Crippen MR) is 79.3 cm³/mol. The van der Waals surface area contributed by atoms with Crippen molar-refractivity contribution in [1.29, 1.82) is 0 Å². The molecule has 106 valence electrons. The Kier molecular flexibility index (Phi) is 5.20. The first kappa shape index (κ1) is 14.6. The van der Waals surface area contributed by atoms with Crippen LogP contribution in [0.2, 0.25) is 0 Å². The van der Waals surface area contributed by atoms with Crippen LogP contribution in [-0.2, 0) is 0 Å². The molecule has 3 nitrogen and oxygen atoms in total. The predicted octanol–water partition coefficient (Wildman–Crippen LogP) is 2.29. The van der Waals surface area contributed by atoms with Crippen LogP contribution in [0.25, 0.3) is 0 Å². The van der Waals surface area contributed by atoms with Gasteiger partial charge in [0.15, 0.2) is 0 Å². The third-order valence-electron chi connectivity index (χ3n) is 3.71. The van der Waals surface area contributed by atoms with E-state index in [9.17, 15) is 4.79 Å². The van der Waals surface area contributed by atoms with E-state index in [-0.39, 0.29) is 12.5 Å². The SMILES string of the molecule is CCCC1CCN(C(=O)c2ccc(C#CCO)cc2)C1. The number of nitrogens with zero attached hydrogens (tertiary/aromatic N) is 1. The van der Waals surface area contributed by atoms with Crippen molar-refractivity contribution in [2.45, 2.75) is 26.2 Å². The van der Waals surface area contributed by atoms with E-state index in [1.54, 1.807) is 0 Å². The number of aliphatic hydroxyl groups is 1. The molecule has 0 aliphatic carbocycles. The highest BCUT2D eigenvalue weighted by Crippen LogP contribution is 2.22. The molecule has 3 heteroatoms. The summed E-state index contributed by atoms with van der Waals surface area (Å²) in [7, 11) is 0. The summed E-state index contributed by atoms with van der Waals surface area (Å²) in [6, 6.07) is 7.29. The highest BCUT2D eigenvalue weighted by Gasteiger charge is 2.26. The van der Waals surface area contributed by atoms with Crippen molar-refractivity contribution in [2.24, 2.45) is 5.92 Å². The van der Waals surface area contributed by atoms with E-state index in [4.69, 9.17) is 5.11 Å². The monoisotopic (exact) mass is 271 g/mol. The van der Waals surface area contributed by atoms with E-state index in [0.29, 0.717) is 5.92 Å². The quantitative estimate of drug-likeness (QED) is 0.857. The first-order valence-corrected chi connectivity index (χ1v) is 7.23. The topological polar surface area (TPSA) is 40.5 Å². The molecule has 1 aromatic rings. The fourth-order valence-corrected chi connectivity index (χ4v) is 2.68. The minimum atomic E-state index is -0.146. The van der Waals surface area contributed by atoms with Crippen LogP contribution >= 0.6 is 0 Å². The number of carbonyl (C=O) groups is 1. The Bertz CT molecular complexity index is 510. The van der Waals surface area contributed by atoms with Crippen molar-refractivity contribution in [1.82, 2.24) is 4.90 Å². The lowest BCUT2D eigenvalue weighted by atomic mass is 10.0. The second-order valence-electron chi connectivity index (χ2n) is 5.23. The zero-order valence-electron chi connectivity index (χ0n) is 11.9. The van der Waals surface area contributed by atoms with Gasteiger partial charge >= 0.3 is 0 Å². The second kappa shape index (κ2) is 7.12. The smallest absolute Gasteiger partial charge is 0.253 e. The van der Waals surface area contributed by atoms with Crippen molar-refractivity contribution in [2.75, 3.05) is 19.7 Å². The summed E-state index contributed by atoms with van der Waals surface area (Å²) < 4.78 is 0. The maximum atomic E-state index is 12.4. The van der Waals surface area contributed by atoms with Crippen molar-refractivity contribution < 1.29 is 9.90 Å². The molecule has 1 atom stereocenters. The molecule has 0 spiro atoms. The lowest BCUT2D eigenvalue weighted by Crippen LogP contribution is -2.28. The molecule has 20 heavy (non-hydrogen) atoms. The molecule has 1 N–H and O–H groups in total. The van der Waals surface area contributed by atoms with Crippen LogP contribution in [0.5, 0.6) is 0 Å². The minimum Gasteiger partial charge on any atom is -0.384 e. The number of amides is 1. The Morgan fingerprint density at radius 1 is 1.40 bits per heavy atom. The summed E-state index contributed by atoms with van der Waals surface area (Å²) in [4.78, 5) is 14.3. The molecule has 0 aromatic heterocycles. The molecule has 1 aromatic carbocycles. The Balaban J connectivity index is 1.99. The van der Waals surface area contributed by atoms with Crippen molar-refractivity contribution in [3.8, 4) is 11.8 Å². The van der Waals surface area contributed by atoms with Gasteiger partial charge < -0.3 is 10.0 Å². The molecule has 0 radical (unpaired) electrons. The number of hydrogen-bond acceptors (Lipinski definition) is 2. The molecule has 2 rings (SSSR count). The van der Waals surface area contributed by atoms with Gasteiger partial charge in [-0.3, -0.25) is 4.79 Å². The third kappa shape index (κ3) is 3.61. The zero-order chi connectivity index (χ0) is 14.4. The standard InChI is InChI=1S/C17H21NO2/c1-2-4-15-10-11-18(13-15)17(20)16-8-6-14(7-9-16)5-3-12-19/h6-9,15,19H,2,4,10-13H2,1H3. The molecular formula is C17H21NO2. The average Bonchev–Trinajstić information content (AvgIpc) is 2.94. The molecule has 1 saturated heterocycles. The van der Waals surface area contributed by atoms with Gasteiger partial charge in [0.25, 0.3) is 5.91 Å². The summed E-state index contributed by atoms with van der Waals surface area (Å²) in [6.45, 7) is 3.80. The molecule has 1 fully saturated rings. The summed E-state index contributed by atoms with van der Waals surface area (Å²) in [5.74, 6) is 6.21.